The van der Waals surface area contributed by atoms with E-state index in [1.807, 2.05) is 23.9 Å². The number of nitrogens with one attached hydrogen (secondary N) is 1. The highest BCUT2D eigenvalue weighted by atomic mass is 127. The molecule has 0 unspecified atom stereocenters. The highest BCUT2D eigenvalue weighted by molar-refractivity contribution is 14.0. The number of aliphatic imine (C=N–C) groups is 1. The Bertz CT molecular complexity index is 329. The number of nitrogens with zero attached hydrogens (tertiary/aromatic N) is 3. The van der Waals surface area contributed by atoms with Gasteiger partial charge in [-0.1, -0.05) is 19.3 Å². The van der Waals surface area contributed by atoms with Crippen molar-refractivity contribution in [1.29, 1.82) is 0 Å². The van der Waals surface area contributed by atoms with Crippen LogP contribution in [0.25, 0.3) is 0 Å². The van der Waals surface area contributed by atoms with E-state index in [1.54, 1.807) is 0 Å². The Morgan fingerprint density at radius 3 is 2.68 bits per heavy atom. The number of amides is 1. The van der Waals surface area contributed by atoms with Crippen molar-refractivity contribution < 1.29 is 4.79 Å². The lowest BCUT2D eigenvalue weighted by molar-refractivity contribution is -0.131. The second-order valence-electron chi connectivity index (χ2n) is 5.28. The lowest BCUT2D eigenvalue weighted by Gasteiger charge is -2.31. The molecule has 0 aromatic carbocycles. The number of likely N-dealkylation sites (N-methyl/N-ethyl adjacent to an activating group) is 2. The molecule has 6 heteroatoms. The number of carbonyl (C=O) groups is 1. The molecule has 1 N–H and O–H groups in total. The molecule has 1 heterocycles. The third-order valence-corrected chi connectivity index (χ3v) is 3.97. The molecule has 0 atom stereocenters. The van der Waals surface area contributed by atoms with Crippen molar-refractivity contribution in [3.63, 3.8) is 0 Å². The number of halogens is 1. The summed E-state index contributed by atoms with van der Waals surface area (Å²) in [5.41, 5.74) is 0. The van der Waals surface area contributed by atoms with E-state index in [4.69, 9.17) is 0 Å². The van der Waals surface area contributed by atoms with Gasteiger partial charge in [-0.3, -0.25) is 9.79 Å². The lowest BCUT2D eigenvalue weighted by atomic mass is 9.94. The highest BCUT2D eigenvalue weighted by Crippen LogP contribution is 2.21. The molecule has 0 saturated heterocycles. The first-order chi connectivity index (χ1) is 8.68. The van der Waals surface area contributed by atoms with Gasteiger partial charge < -0.3 is 15.1 Å². The molecule has 0 aromatic rings. The summed E-state index contributed by atoms with van der Waals surface area (Å²) in [7, 11) is 3.92. The van der Waals surface area contributed by atoms with Crippen LogP contribution < -0.4 is 5.32 Å². The van der Waals surface area contributed by atoms with Gasteiger partial charge in [-0.15, -0.1) is 24.0 Å². The van der Waals surface area contributed by atoms with Crippen LogP contribution in [-0.2, 0) is 4.79 Å². The standard InChI is InChI=1S/C13H24N4O.HI/c1-16-9-8-14-13(16)15-10-12(18)17(2)11-6-4-3-5-7-11;/h11H,3-10H2,1-2H3,(H,14,15);1H. The molecule has 19 heavy (non-hydrogen) atoms. The molecule has 1 aliphatic carbocycles. The van der Waals surface area contributed by atoms with Crippen LogP contribution in [0.4, 0.5) is 0 Å². The summed E-state index contributed by atoms with van der Waals surface area (Å²) in [4.78, 5) is 20.4. The Hall–Kier alpha value is -0.530. The van der Waals surface area contributed by atoms with Gasteiger partial charge in [-0.2, -0.15) is 0 Å². The van der Waals surface area contributed by atoms with Crippen LogP contribution >= 0.6 is 24.0 Å². The van der Waals surface area contributed by atoms with E-state index in [0.717, 1.165) is 31.9 Å². The number of hydrogen-bond donors (Lipinski definition) is 1. The first kappa shape index (κ1) is 16.5. The van der Waals surface area contributed by atoms with Crippen LogP contribution in [0.5, 0.6) is 0 Å². The van der Waals surface area contributed by atoms with Crippen molar-refractivity contribution >= 4 is 35.8 Å². The quantitative estimate of drug-likeness (QED) is 0.751. The molecule has 2 aliphatic rings. The summed E-state index contributed by atoms with van der Waals surface area (Å²) >= 11 is 0. The second-order valence-corrected chi connectivity index (χ2v) is 5.28. The first-order valence-electron chi connectivity index (χ1n) is 6.93. The predicted molar refractivity (Wildman–Crippen MR) is 88.0 cm³/mol. The zero-order valence-electron chi connectivity index (χ0n) is 11.9. The third kappa shape index (κ3) is 4.50. The molecule has 1 saturated carbocycles. The Balaban J connectivity index is 0.00000180. The van der Waals surface area contributed by atoms with Crippen molar-refractivity contribution in [2.24, 2.45) is 4.99 Å². The summed E-state index contributed by atoms with van der Waals surface area (Å²) in [6.45, 7) is 2.12. The van der Waals surface area contributed by atoms with Gasteiger partial charge in [0.2, 0.25) is 5.91 Å². The molecule has 1 amide bonds. The summed E-state index contributed by atoms with van der Waals surface area (Å²) in [6.07, 6.45) is 6.14. The molecule has 0 bridgehead atoms. The first-order valence-corrected chi connectivity index (χ1v) is 6.93. The van der Waals surface area contributed by atoms with Crippen LogP contribution in [0.3, 0.4) is 0 Å². The van der Waals surface area contributed by atoms with Crippen LogP contribution in [-0.4, -0.2) is 61.4 Å². The van der Waals surface area contributed by atoms with Gasteiger partial charge >= 0.3 is 0 Å². The fourth-order valence-electron chi connectivity index (χ4n) is 2.67. The fraction of sp³-hybridized carbons (Fsp3) is 0.846. The molecular weight excluding hydrogens is 355 g/mol. The summed E-state index contributed by atoms with van der Waals surface area (Å²) in [5, 5.41) is 3.14. The molecule has 2 rings (SSSR count). The van der Waals surface area contributed by atoms with Crippen molar-refractivity contribution in [3.05, 3.63) is 0 Å². The SMILES string of the molecule is CN1CCN=C1NCC(=O)N(C)C1CCCCC1.I. The Morgan fingerprint density at radius 2 is 2.11 bits per heavy atom. The Labute approximate surface area is 132 Å². The van der Waals surface area contributed by atoms with Crippen LogP contribution in [0.15, 0.2) is 4.99 Å². The van der Waals surface area contributed by atoms with Gasteiger partial charge in [0.25, 0.3) is 0 Å². The minimum atomic E-state index is 0. The smallest absolute Gasteiger partial charge is 0.241 e. The van der Waals surface area contributed by atoms with E-state index in [1.165, 1.54) is 19.3 Å². The summed E-state index contributed by atoms with van der Waals surface area (Å²) < 4.78 is 0. The number of hydrogen-bond acceptors (Lipinski definition) is 4. The normalized spacial score (nSPS) is 19.7. The van der Waals surface area contributed by atoms with Gasteiger partial charge in [0.05, 0.1) is 13.1 Å². The van der Waals surface area contributed by atoms with Crippen molar-refractivity contribution in [2.75, 3.05) is 33.7 Å². The number of rotatable bonds is 3. The maximum absolute atomic E-state index is 12.1. The van der Waals surface area contributed by atoms with Crippen molar-refractivity contribution in [2.45, 2.75) is 38.1 Å². The van der Waals surface area contributed by atoms with Crippen LogP contribution in [0.1, 0.15) is 32.1 Å². The van der Waals surface area contributed by atoms with E-state index in [-0.39, 0.29) is 29.9 Å². The average Bonchev–Trinajstić information content (AvgIpc) is 2.81. The van der Waals surface area contributed by atoms with E-state index in [2.05, 4.69) is 10.3 Å². The molecule has 5 nitrogen and oxygen atoms in total. The topological polar surface area (TPSA) is 47.9 Å². The zero-order valence-corrected chi connectivity index (χ0v) is 14.2. The molecule has 1 fully saturated rings. The molecular formula is C13H25IN4O. The molecule has 110 valence electrons. The van der Waals surface area contributed by atoms with Crippen LogP contribution in [0.2, 0.25) is 0 Å². The van der Waals surface area contributed by atoms with Crippen LogP contribution in [0, 0.1) is 0 Å². The second kappa shape index (κ2) is 7.91. The Morgan fingerprint density at radius 1 is 1.42 bits per heavy atom. The molecule has 1 aliphatic heterocycles. The van der Waals surface area contributed by atoms with E-state index in [0.29, 0.717) is 12.6 Å². The van der Waals surface area contributed by atoms with Gasteiger partial charge in [0, 0.05) is 26.7 Å². The molecule has 0 radical (unpaired) electrons. The fourth-order valence-corrected chi connectivity index (χ4v) is 2.67. The largest absolute Gasteiger partial charge is 0.347 e. The zero-order chi connectivity index (χ0) is 13.0. The van der Waals surface area contributed by atoms with Gasteiger partial charge in [0.1, 0.15) is 0 Å². The number of carbonyl (C=O) groups excluding carboxylic acids is 1. The number of guanidine groups is 1. The molecule has 0 spiro atoms. The highest BCUT2D eigenvalue weighted by Gasteiger charge is 2.22. The van der Waals surface area contributed by atoms with Gasteiger partial charge in [0.15, 0.2) is 5.96 Å². The van der Waals surface area contributed by atoms with E-state index < -0.39 is 0 Å². The predicted octanol–water partition coefficient (Wildman–Crippen LogP) is 1.29. The van der Waals surface area contributed by atoms with E-state index >= 15 is 0 Å². The van der Waals surface area contributed by atoms with Crippen molar-refractivity contribution in [3.8, 4) is 0 Å². The lowest BCUT2D eigenvalue weighted by Crippen LogP contribution is -2.46. The van der Waals surface area contributed by atoms with Crippen molar-refractivity contribution in [1.82, 2.24) is 15.1 Å². The third-order valence-electron chi connectivity index (χ3n) is 3.97. The monoisotopic (exact) mass is 380 g/mol. The minimum absolute atomic E-state index is 0. The maximum Gasteiger partial charge on any atom is 0.241 e. The average molecular weight is 380 g/mol. The van der Waals surface area contributed by atoms with Gasteiger partial charge in [-0.05, 0) is 12.8 Å². The minimum Gasteiger partial charge on any atom is -0.347 e. The summed E-state index contributed by atoms with van der Waals surface area (Å²) in [5.74, 6) is 1.02. The molecule has 0 aromatic heterocycles. The summed E-state index contributed by atoms with van der Waals surface area (Å²) in [6, 6.07) is 0.441. The Kier molecular flexibility index (Phi) is 6.88. The van der Waals surface area contributed by atoms with E-state index in [9.17, 15) is 4.79 Å². The van der Waals surface area contributed by atoms with Gasteiger partial charge in [-0.25, -0.2) is 0 Å². The maximum atomic E-state index is 12.1.